The summed E-state index contributed by atoms with van der Waals surface area (Å²) in [6, 6.07) is 5.40. The van der Waals surface area contributed by atoms with Crippen LogP contribution in [0.15, 0.2) is 18.2 Å². The van der Waals surface area contributed by atoms with Gasteiger partial charge in [0.15, 0.2) is 6.10 Å². The van der Waals surface area contributed by atoms with Gasteiger partial charge >= 0.3 is 0 Å². The summed E-state index contributed by atoms with van der Waals surface area (Å²) in [6.45, 7) is 4.81. The van der Waals surface area contributed by atoms with Gasteiger partial charge in [-0.25, -0.2) is 9.67 Å². The van der Waals surface area contributed by atoms with Crippen molar-refractivity contribution in [3.05, 3.63) is 40.4 Å². The highest BCUT2D eigenvalue weighted by Crippen LogP contribution is 2.31. The minimum absolute atomic E-state index is 0.123. The summed E-state index contributed by atoms with van der Waals surface area (Å²) in [7, 11) is 0. The molecule has 1 aliphatic heterocycles. The molecule has 1 aromatic carbocycles. The number of halogens is 1. The zero-order chi connectivity index (χ0) is 15.7. The average molecular weight is 321 g/mol. The molecule has 1 unspecified atom stereocenters. The first kappa shape index (κ1) is 14.8. The molecule has 2 aromatic rings. The normalized spacial score (nSPS) is 16.2. The minimum atomic E-state index is -0.493. The van der Waals surface area contributed by atoms with E-state index in [1.807, 2.05) is 19.9 Å². The number of benzene rings is 1. The Morgan fingerprint density at radius 2 is 2.32 bits per heavy atom. The predicted molar refractivity (Wildman–Crippen MR) is 82.1 cm³/mol. The second kappa shape index (κ2) is 5.96. The fraction of sp³-hybridized carbons (Fsp3) is 0.400. The highest BCUT2D eigenvalue weighted by atomic mass is 35.5. The van der Waals surface area contributed by atoms with E-state index < -0.39 is 6.10 Å². The summed E-state index contributed by atoms with van der Waals surface area (Å²) < 4.78 is 7.43. The highest BCUT2D eigenvalue weighted by molar-refractivity contribution is 6.30. The van der Waals surface area contributed by atoms with Crippen molar-refractivity contribution in [1.29, 1.82) is 0 Å². The van der Waals surface area contributed by atoms with E-state index in [1.165, 1.54) is 0 Å². The number of hydrogen-bond donors (Lipinski definition) is 1. The van der Waals surface area contributed by atoms with Gasteiger partial charge in [0.2, 0.25) is 0 Å². The molecule has 0 aliphatic carbocycles. The Hall–Kier alpha value is -2.08. The molecule has 1 aromatic heterocycles. The fourth-order valence-corrected chi connectivity index (χ4v) is 2.73. The first-order valence-corrected chi connectivity index (χ1v) is 7.51. The second-order valence-corrected chi connectivity index (χ2v) is 5.72. The van der Waals surface area contributed by atoms with Crippen molar-refractivity contribution >= 4 is 17.5 Å². The summed E-state index contributed by atoms with van der Waals surface area (Å²) >= 11 is 5.95. The molecule has 0 fully saturated rings. The molecule has 2 heterocycles. The molecule has 6 nitrogen and oxygen atoms in total. The number of nitrogens with one attached hydrogen (secondary N) is 1. The van der Waals surface area contributed by atoms with Gasteiger partial charge in [-0.1, -0.05) is 11.6 Å². The van der Waals surface area contributed by atoms with Gasteiger partial charge in [-0.05, 0) is 37.6 Å². The van der Waals surface area contributed by atoms with Crippen LogP contribution in [0.25, 0.3) is 0 Å². The standard InChI is InChI=1S/C15H17ClN4O2/c1-9-18-10(2)20(19-9)6-5-17-15(21)14-8-11-7-12(16)3-4-13(11)22-14/h3-4,7,14H,5-6,8H2,1-2H3,(H,17,21). The second-order valence-electron chi connectivity index (χ2n) is 5.28. The summed E-state index contributed by atoms with van der Waals surface area (Å²) in [5.74, 6) is 2.18. The van der Waals surface area contributed by atoms with Crippen LogP contribution in [-0.2, 0) is 17.8 Å². The fourth-order valence-electron chi connectivity index (χ4n) is 2.54. The van der Waals surface area contributed by atoms with Crippen molar-refractivity contribution in [1.82, 2.24) is 20.1 Å². The molecule has 3 rings (SSSR count). The molecule has 0 bridgehead atoms. The van der Waals surface area contributed by atoms with Crippen LogP contribution in [0.3, 0.4) is 0 Å². The van der Waals surface area contributed by atoms with Gasteiger partial charge in [-0.15, -0.1) is 0 Å². The van der Waals surface area contributed by atoms with Gasteiger partial charge in [-0.2, -0.15) is 5.10 Å². The lowest BCUT2D eigenvalue weighted by atomic mass is 10.1. The Balaban J connectivity index is 1.52. The van der Waals surface area contributed by atoms with Crippen molar-refractivity contribution < 1.29 is 9.53 Å². The van der Waals surface area contributed by atoms with E-state index in [0.29, 0.717) is 24.5 Å². The molecule has 22 heavy (non-hydrogen) atoms. The van der Waals surface area contributed by atoms with E-state index in [9.17, 15) is 4.79 Å². The lowest BCUT2D eigenvalue weighted by Crippen LogP contribution is -2.39. The Kier molecular flexibility index (Phi) is 4.02. The monoisotopic (exact) mass is 320 g/mol. The number of carbonyl (C=O) groups is 1. The zero-order valence-corrected chi connectivity index (χ0v) is 13.2. The van der Waals surface area contributed by atoms with E-state index in [4.69, 9.17) is 16.3 Å². The minimum Gasteiger partial charge on any atom is -0.480 e. The van der Waals surface area contributed by atoms with Crippen LogP contribution >= 0.6 is 11.6 Å². The topological polar surface area (TPSA) is 69.0 Å². The third-order valence-electron chi connectivity index (χ3n) is 3.57. The van der Waals surface area contributed by atoms with E-state index in [2.05, 4.69) is 15.4 Å². The van der Waals surface area contributed by atoms with Crippen molar-refractivity contribution in [2.75, 3.05) is 6.54 Å². The van der Waals surface area contributed by atoms with Crippen LogP contribution in [0.4, 0.5) is 0 Å². The first-order chi connectivity index (χ1) is 10.5. The van der Waals surface area contributed by atoms with Crippen LogP contribution < -0.4 is 10.1 Å². The van der Waals surface area contributed by atoms with Gasteiger partial charge in [0, 0.05) is 18.0 Å². The van der Waals surface area contributed by atoms with Crippen LogP contribution in [0.1, 0.15) is 17.2 Å². The van der Waals surface area contributed by atoms with Crippen LogP contribution in [0.2, 0.25) is 5.02 Å². The van der Waals surface area contributed by atoms with Gasteiger partial charge in [0.1, 0.15) is 17.4 Å². The van der Waals surface area contributed by atoms with E-state index in [0.717, 1.165) is 23.0 Å². The maximum Gasteiger partial charge on any atom is 0.261 e. The maximum absolute atomic E-state index is 12.2. The molecule has 1 amide bonds. The van der Waals surface area contributed by atoms with Crippen LogP contribution in [-0.4, -0.2) is 33.3 Å². The van der Waals surface area contributed by atoms with Crippen LogP contribution in [0.5, 0.6) is 5.75 Å². The smallest absolute Gasteiger partial charge is 0.261 e. The van der Waals surface area contributed by atoms with E-state index in [-0.39, 0.29) is 5.91 Å². The van der Waals surface area contributed by atoms with Crippen molar-refractivity contribution in [2.24, 2.45) is 0 Å². The molecule has 1 aliphatic rings. The summed E-state index contributed by atoms with van der Waals surface area (Å²) in [5, 5.41) is 7.78. The largest absolute Gasteiger partial charge is 0.480 e. The molecule has 0 spiro atoms. The quantitative estimate of drug-likeness (QED) is 0.930. The molecule has 116 valence electrons. The number of nitrogens with zero attached hydrogens (tertiary/aromatic N) is 3. The van der Waals surface area contributed by atoms with Gasteiger partial charge in [-0.3, -0.25) is 4.79 Å². The number of aryl methyl sites for hydroxylation is 2. The number of carbonyl (C=O) groups excluding carboxylic acids is 1. The predicted octanol–water partition coefficient (Wildman–Crippen LogP) is 1.67. The van der Waals surface area contributed by atoms with E-state index >= 15 is 0 Å². The third kappa shape index (κ3) is 3.06. The summed E-state index contributed by atoms with van der Waals surface area (Å²) in [5.41, 5.74) is 0.968. The van der Waals surface area contributed by atoms with Crippen molar-refractivity contribution in [2.45, 2.75) is 32.9 Å². The third-order valence-corrected chi connectivity index (χ3v) is 3.81. The Morgan fingerprint density at radius 3 is 3.05 bits per heavy atom. The van der Waals surface area contributed by atoms with E-state index in [1.54, 1.807) is 16.8 Å². The molecule has 7 heteroatoms. The number of amides is 1. The highest BCUT2D eigenvalue weighted by Gasteiger charge is 2.28. The lowest BCUT2D eigenvalue weighted by Gasteiger charge is -2.11. The molecule has 1 atom stereocenters. The van der Waals surface area contributed by atoms with Crippen molar-refractivity contribution in [3.63, 3.8) is 0 Å². The molecular formula is C15H17ClN4O2. The number of hydrogen-bond acceptors (Lipinski definition) is 4. The molecule has 1 N–H and O–H groups in total. The number of rotatable bonds is 4. The Morgan fingerprint density at radius 1 is 1.50 bits per heavy atom. The first-order valence-electron chi connectivity index (χ1n) is 7.14. The maximum atomic E-state index is 12.2. The SMILES string of the molecule is Cc1nc(C)n(CCNC(=O)C2Cc3cc(Cl)ccc3O2)n1. The number of ether oxygens (including phenoxy) is 1. The molecule has 0 radical (unpaired) electrons. The molecule has 0 saturated carbocycles. The van der Waals surface area contributed by atoms with Crippen molar-refractivity contribution in [3.8, 4) is 5.75 Å². The summed E-state index contributed by atoms with van der Waals surface area (Å²) in [6.07, 6.45) is 0.0514. The number of fused-ring (bicyclic) bond motifs is 1. The average Bonchev–Trinajstić information content (AvgIpc) is 3.01. The summed E-state index contributed by atoms with van der Waals surface area (Å²) in [4.78, 5) is 16.4. The Labute approximate surface area is 133 Å². The van der Waals surface area contributed by atoms with Crippen LogP contribution in [0, 0.1) is 13.8 Å². The zero-order valence-electron chi connectivity index (χ0n) is 12.5. The van der Waals surface area contributed by atoms with Gasteiger partial charge in [0.05, 0.1) is 6.54 Å². The molecule has 0 saturated heterocycles. The lowest BCUT2D eigenvalue weighted by molar-refractivity contribution is -0.127. The Bertz CT molecular complexity index is 714. The van der Waals surface area contributed by atoms with Gasteiger partial charge < -0.3 is 10.1 Å². The van der Waals surface area contributed by atoms with Gasteiger partial charge in [0.25, 0.3) is 5.91 Å². The molecular weight excluding hydrogens is 304 g/mol. The number of aromatic nitrogens is 3.